The Labute approximate surface area is 68.6 Å². The zero-order valence-electron chi connectivity index (χ0n) is 6.81. The highest BCUT2D eigenvalue weighted by molar-refractivity contribution is 7.80. The Bertz CT molecular complexity index is 75.7. The average molecular weight is 164 g/mol. The minimum Gasteiger partial charge on any atom is -0.247 e. The van der Waals surface area contributed by atoms with Gasteiger partial charge in [0.2, 0.25) is 0 Å². The second-order valence-electron chi connectivity index (χ2n) is 2.91. The summed E-state index contributed by atoms with van der Waals surface area (Å²) < 4.78 is 12.8. The van der Waals surface area contributed by atoms with Crippen molar-refractivity contribution in [1.82, 2.24) is 0 Å². The van der Waals surface area contributed by atoms with Crippen molar-refractivity contribution in [1.29, 1.82) is 0 Å². The number of halogens is 1. The van der Waals surface area contributed by atoms with Gasteiger partial charge in [-0.15, -0.1) is 0 Å². The van der Waals surface area contributed by atoms with Crippen molar-refractivity contribution in [2.45, 2.75) is 39.3 Å². The first-order valence-corrected chi connectivity index (χ1v) is 4.58. The van der Waals surface area contributed by atoms with E-state index in [0.717, 1.165) is 12.2 Å². The van der Waals surface area contributed by atoms with Crippen LogP contribution in [0.2, 0.25) is 0 Å². The lowest BCUT2D eigenvalue weighted by Crippen LogP contribution is -2.07. The maximum Gasteiger partial charge on any atom is 0.100 e. The van der Waals surface area contributed by atoms with Crippen molar-refractivity contribution in [3.8, 4) is 0 Å². The van der Waals surface area contributed by atoms with Gasteiger partial charge in [-0.2, -0.15) is 12.6 Å². The summed E-state index contributed by atoms with van der Waals surface area (Å²) in [6, 6.07) is 0. The van der Waals surface area contributed by atoms with Crippen molar-refractivity contribution >= 4 is 12.6 Å². The molecule has 10 heavy (non-hydrogen) atoms. The molecule has 0 saturated heterocycles. The summed E-state index contributed by atoms with van der Waals surface area (Å²) in [5.74, 6) is 1.22. The molecule has 0 aromatic heterocycles. The van der Waals surface area contributed by atoms with Crippen LogP contribution in [0.4, 0.5) is 4.39 Å². The van der Waals surface area contributed by atoms with Gasteiger partial charge in [0, 0.05) is 0 Å². The van der Waals surface area contributed by atoms with Crippen LogP contribution >= 0.6 is 12.6 Å². The highest BCUT2D eigenvalue weighted by Crippen LogP contribution is 2.14. The lowest BCUT2D eigenvalue weighted by molar-refractivity contribution is 0.267. The second-order valence-corrected chi connectivity index (χ2v) is 3.27. The van der Waals surface area contributed by atoms with Gasteiger partial charge in [-0.25, -0.2) is 4.39 Å². The zero-order chi connectivity index (χ0) is 7.98. The topological polar surface area (TPSA) is 0 Å². The van der Waals surface area contributed by atoms with Crippen LogP contribution in [0.1, 0.15) is 33.1 Å². The first-order chi connectivity index (χ1) is 4.70. The van der Waals surface area contributed by atoms with Gasteiger partial charge in [-0.3, -0.25) is 0 Å². The molecule has 0 radical (unpaired) electrons. The van der Waals surface area contributed by atoms with Crippen molar-refractivity contribution < 1.29 is 4.39 Å². The minimum absolute atomic E-state index is 0.421. The number of hydrogen-bond acceptors (Lipinski definition) is 1. The van der Waals surface area contributed by atoms with Crippen molar-refractivity contribution in [3.05, 3.63) is 0 Å². The predicted molar refractivity (Wildman–Crippen MR) is 47.4 cm³/mol. The molecule has 0 aliphatic carbocycles. The van der Waals surface area contributed by atoms with E-state index in [9.17, 15) is 4.39 Å². The maximum atomic E-state index is 12.8. The van der Waals surface area contributed by atoms with E-state index in [1.54, 1.807) is 0 Å². The molecule has 0 N–H and O–H groups in total. The van der Waals surface area contributed by atoms with Crippen LogP contribution in [0.15, 0.2) is 0 Å². The molecular weight excluding hydrogens is 147 g/mol. The van der Waals surface area contributed by atoms with Crippen molar-refractivity contribution in [3.63, 3.8) is 0 Å². The molecule has 0 bridgehead atoms. The average Bonchev–Trinajstić information content (AvgIpc) is 1.88. The van der Waals surface area contributed by atoms with Gasteiger partial charge in [-0.05, 0) is 24.5 Å². The molecule has 0 nitrogen and oxygen atoms in total. The van der Waals surface area contributed by atoms with Gasteiger partial charge in [0.05, 0.1) is 0 Å². The summed E-state index contributed by atoms with van der Waals surface area (Å²) in [6.45, 7) is 4.05. The summed E-state index contributed by atoms with van der Waals surface area (Å²) in [7, 11) is 0. The van der Waals surface area contributed by atoms with E-state index in [4.69, 9.17) is 0 Å². The summed E-state index contributed by atoms with van der Waals surface area (Å²) in [5, 5.41) is 0. The van der Waals surface area contributed by atoms with Crippen molar-refractivity contribution in [2.75, 3.05) is 5.75 Å². The number of rotatable bonds is 5. The third kappa shape index (κ3) is 5.10. The molecule has 0 rings (SSSR count). The Kier molecular flexibility index (Phi) is 6.19. The lowest BCUT2D eigenvalue weighted by atomic mass is 10.0. The molecule has 0 aromatic rings. The van der Waals surface area contributed by atoms with Crippen LogP contribution < -0.4 is 0 Å². The summed E-state index contributed by atoms with van der Waals surface area (Å²) in [4.78, 5) is 0. The highest BCUT2D eigenvalue weighted by Gasteiger charge is 2.08. The first-order valence-electron chi connectivity index (χ1n) is 3.95. The fourth-order valence-corrected chi connectivity index (χ4v) is 1.09. The molecule has 0 saturated carbocycles. The Hall–Kier alpha value is 0.280. The molecule has 0 aliphatic heterocycles. The quantitative estimate of drug-likeness (QED) is 0.593. The summed E-state index contributed by atoms with van der Waals surface area (Å²) >= 11 is 4.09. The fourth-order valence-electron chi connectivity index (χ4n) is 0.942. The first kappa shape index (κ1) is 10.3. The highest BCUT2D eigenvalue weighted by atomic mass is 32.1. The normalized spacial score (nSPS) is 16.8. The smallest absolute Gasteiger partial charge is 0.100 e. The maximum absolute atomic E-state index is 12.8. The Balaban J connectivity index is 3.27. The largest absolute Gasteiger partial charge is 0.247 e. The van der Waals surface area contributed by atoms with Gasteiger partial charge >= 0.3 is 0 Å². The summed E-state index contributed by atoms with van der Waals surface area (Å²) in [6.07, 6.45) is 1.72. The van der Waals surface area contributed by atoms with Gasteiger partial charge in [0.1, 0.15) is 6.17 Å². The molecule has 62 valence electrons. The molecule has 2 unspecified atom stereocenters. The Morgan fingerprint density at radius 1 is 1.50 bits per heavy atom. The van der Waals surface area contributed by atoms with Crippen LogP contribution in [-0.4, -0.2) is 11.9 Å². The molecule has 0 aromatic carbocycles. The number of thiol groups is 1. The second kappa shape index (κ2) is 6.02. The molecule has 0 heterocycles. The molecule has 2 atom stereocenters. The van der Waals surface area contributed by atoms with Gasteiger partial charge in [-0.1, -0.05) is 20.3 Å². The van der Waals surface area contributed by atoms with E-state index >= 15 is 0 Å². The Morgan fingerprint density at radius 3 is 2.50 bits per heavy atom. The fraction of sp³-hybridized carbons (Fsp3) is 1.00. The Morgan fingerprint density at radius 2 is 2.10 bits per heavy atom. The van der Waals surface area contributed by atoms with Gasteiger partial charge in [0.15, 0.2) is 0 Å². The lowest BCUT2D eigenvalue weighted by Gasteiger charge is -2.10. The SMILES string of the molecule is CCCC(F)CC(C)CS. The molecule has 0 amide bonds. The third-order valence-electron chi connectivity index (χ3n) is 1.57. The number of hydrogen-bond donors (Lipinski definition) is 1. The molecule has 0 fully saturated rings. The summed E-state index contributed by atoms with van der Waals surface area (Å²) in [5.41, 5.74) is 0. The van der Waals surface area contributed by atoms with E-state index < -0.39 is 6.17 Å². The van der Waals surface area contributed by atoms with E-state index in [1.165, 1.54) is 0 Å². The monoisotopic (exact) mass is 164 g/mol. The molecular formula is C8H17FS. The van der Waals surface area contributed by atoms with Crippen molar-refractivity contribution in [2.24, 2.45) is 5.92 Å². The minimum atomic E-state index is -0.604. The van der Waals surface area contributed by atoms with E-state index in [0.29, 0.717) is 18.8 Å². The van der Waals surface area contributed by atoms with Crippen LogP contribution in [0.25, 0.3) is 0 Å². The molecule has 0 spiro atoms. The van der Waals surface area contributed by atoms with Crippen LogP contribution in [-0.2, 0) is 0 Å². The van der Waals surface area contributed by atoms with E-state index in [2.05, 4.69) is 12.6 Å². The van der Waals surface area contributed by atoms with Crippen LogP contribution in [0.5, 0.6) is 0 Å². The zero-order valence-corrected chi connectivity index (χ0v) is 7.70. The van der Waals surface area contributed by atoms with E-state index in [1.807, 2.05) is 13.8 Å². The van der Waals surface area contributed by atoms with Gasteiger partial charge < -0.3 is 0 Å². The number of alkyl halides is 1. The molecule has 0 aliphatic rings. The third-order valence-corrected chi connectivity index (χ3v) is 2.20. The van der Waals surface area contributed by atoms with Gasteiger partial charge in [0.25, 0.3) is 0 Å². The standard InChI is InChI=1S/C8H17FS/c1-3-4-8(9)5-7(2)6-10/h7-8,10H,3-6H2,1-2H3. The van der Waals surface area contributed by atoms with E-state index in [-0.39, 0.29) is 0 Å². The predicted octanol–water partition coefficient (Wildman–Crippen LogP) is 3.08. The van der Waals surface area contributed by atoms with Crippen LogP contribution in [0.3, 0.4) is 0 Å². The van der Waals surface area contributed by atoms with Crippen LogP contribution in [0, 0.1) is 5.92 Å². The molecule has 2 heteroatoms.